The van der Waals surface area contributed by atoms with Gasteiger partial charge in [-0.2, -0.15) is 0 Å². The minimum absolute atomic E-state index is 0.535. The van der Waals surface area contributed by atoms with Gasteiger partial charge in [-0.25, -0.2) is 0 Å². The molecule has 2 atom stereocenters. The second-order valence-corrected chi connectivity index (χ2v) is 4.91. The molecule has 0 N–H and O–H groups in total. The zero-order valence-electron chi connectivity index (χ0n) is 5.89. The van der Waals surface area contributed by atoms with Crippen molar-refractivity contribution in [2.24, 2.45) is 0 Å². The number of rotatable bonds is 0. The maximum atomic E-state index is 3.64. The Kier molecular flexibility index (Phi) is 4.00. The van der Waals surface area contributed by atoms with Gasteiger partial charge in [0.1, 0.15) is 0 Å². The van der Waals surface area contributed by atoms with Crippen molar-refractivity contribution in [3.8, 4) is 0 Å². The number of halogens is 2. The lowest BCUT2D eigenvalue weighted by Gasteiger charge is -2.14. The molecule has 58 valence electrons. The molecule has 0 unspecified atom stereocenters. The molecule has 2 heteroatoms. The summed E-state index contributed by atoms with van der Waals surface area (Å²) in [6.45, 7) is 0. The molecule has 0 saturated carbocycles. The van der Waals surface area contributed by atoms with E-state index in [0.717, 1.165) is 0 Å². The summed E-state index contributed by atoms with van der Waals surface area (Å²) in [7, 11) is 0. The number of hydrogen-bond acceptors (Lipinski definition) is 0. The summed E-state index contributed by atoms with van der Waals surface area (Å²) < 4.78 is 0. The summed E-state index contributed by atoms with van der Waals surface area (Å²) in [6.07, 6.45) is 9.76. The smallest absolute Gasteiger partial charge is 0.0450 e. The molecule has 0 amide bonds. The summed E-state index contributed by atoms with van der Waals surface area (Å²) in [5.74, 6) is 0. The van der Waals surface area contributed by atoms with E-state index in [1.165, 1.54) is 25.7 Å². The van der Waals surface area contributed by atoms with E-state index in [1.54, 1.807) is 0 Å². The molecule has 1 aliphatic rings. The Balaban J connectivity index is 2.44. The van der Waals surface area contributed by atoms with E-state index in [0.29, 0.717) is 9.65 Å². The van der Waals surface area contributed by atoms with Crippen molar-refractivity contribution in [3.63, 3.8) is 0 Å². The average Bonchev–Trinajstić information content (AvgIpc) is 1.92. The van der Waals surface area contributed by atoms with E-state index in [2.05, 4.69) is 44.0 Å². The van der Waals surface area contributed by atoms with Crippen molar-refractivity contribution in [2.45, 2.75) is 35.3 Å². The predicted octanol–water partition coefficient (Wildman–Crippen LogP) is 3.64. The second-order valence-electron chi connectivity index (χ2n) is 2.67. The van der Waals surface area contributed by atoms with Crippen molar-refractivity contribution < 1.29 is 0 Å². The Bertz CT molecular complexity index is 120. The molecule has 0 bridgehead atoms. The Morgan fingerprint density at radius 2 is 2.00 bits per heavy atom. The van der Waals surface area contributed by atoms with E-state index >= 15 is 0 Å². The van der Waals surface area contributed by atoms with Gasteiger partial charge < -0.3 is 0 Å². The lowest BCUT2D eigenvalue weighted by Crippen LogP contribution is -2.12. The molecule has 0 spiro atoms. The Morgan fingerprint density at radius 1 is 1.20 bits per heavy atom. The fourth-order valence-electron chi connectivity index (χ4n) is 1.11. The van der Waals surface area contributed by atoms with E-state index in [9.17, 15) is 0 Å². The highest BCUT2D eigenvalue weighted by Gasteiger charge is 2.12. The predicted molar refractivity (Wildman–Crippen MR) is 53.0 cm³/mol. The van der Waals surface area contributed by atoms with E-state index in [1.807, 2.05) is 0 Å². The molecule has 1 aliphatic carbocycles. The van der Waals surface area contributed by atoms with Crippen LogP contribution in [0.3, 0.4) is 0 Å². The van der Waals surface area contributed by atoms with Crippen molar-refractivity contribution in [1.29, 1.82) is 0 Å². The van der Waals surface area contributed by atoms with Crippen LogP contribution in [0.15, 0.2) is 12.2 Å². The van der Waals surface area contributed by atoms with E-state index in [4.69, 9.17) is 0 Å². The normalized spacial score (nSPS) is 35.0. The largest absolute Gasteiger partial charge is 0.0875 e. The van der Waals surface area contributed by atoms with Gasteiger partial charge in [-0.05, 0) is 19.3 Å². The SMILES string of the molecule is Br[C@@H]1C=CCCCC[C@H]1Br. The third-order valence-corrected chi connectivity index (χ3v) is 4.45. The first-order valence-electron chi connectivity index (χ1n) is 3.75. The van der Waals surface area contributed by atoms with Gasteiger partial charge in [-0.1, -0.05) is 50.4 Å². The number of alkyl halides is 2. The van der Waals surface area contributed by atoms with Crippen LogP contribution in [0, 0.1) is 0 Å². The van der Waals surface area contributed by atoms with Gasteiger partial charge in [0, 0.05) is 9.65 Å². The van der Waals surface area contributed by atoms with Crippen LogP contribution in [0.2, 0.25) is 0 Å². The highest BCUT2D eigenvalue weighted by atomic mass is 79.9. The number of allylic oxidation sites excluding steroid dienone is 2. The van der Waals surface area contributed by atoms with Crippen LogP contribution < -0.4 is 0 Å². The molecular weight excluding hydrogens is 256 g/mol. The summed E-state index contributed by atoms with van der Waals surface area (Å²) in [5, 5.41) is 0. The van der Waals surface area contributed by atoms with Crippen LogP contribution in [0.5, 0.6) is 0 Å². The van der Waals surface area contributed by atoms with Crippen LogP contribution in [-0.2, 0) is 0 Å². The van der Waals surface area contributed by atoms with Gasteiger partial charge in [0.25, 0.3) is 0 Å². The summed E-state index contributed by atoms with van der Waals surface area (Å²) >= 11 is 7.24. The standard InChI is InChI=1S/C8H12Br2/c9-7-5-3-1-2-4-6-8(7)10/h3,5,7-8H,1-2,4,6H2/t7-,8-/m1/s1. The van der Waals surface area contributed by atoms with Crippen LogP contribution in [0.1, 0.15) is 25.7 Å². The topological polar surface area (TPSA) is 0 Å². The molecule has 0 heterocycles. The lowest BCUT2D eigenvalue weighted by atomic mass is 10.1. The Morgan fingerprint density at radius 3 is 2.80 bits per heavy atom. The first-order valence-corrected chi connectivity index (χ1v) is 5.58. The fourth-order valence-corrected chi connectivity index (χ4v) is 2.09. The van der Waals surface area contributed by atoms with E-state index in [-0.39, 0.29) is 0 Å². The zero-order chi connectivity index (χ0) is 7.40. The molecule has 0 aromatic heterocycles. The minimum Gasteiger partial charge on any atom is -0.0875 e. The van der Waals surface area contributed by atoms with Crippen molar-refractivity contribution >= 4 is 31.9 Å². The van der Waals surface area contributed by atoms with E-state index < -0.39 is 0 Å². The quantitative estimate of drug-likeness (QED) is 0.464. The number of hydrogen-bond donors (Lipinski definition) is 0. The first-order chi connectivity index (χ1) is 4.80. The van der Waals surface area contributed by atoms with Crippen LogP contribution in [0.25, 0.3) is 0 Å². The van der Waals surface area contributed by atoms with Crippen molar-refractivity contribution in [3.05, 3.63) is 12.2 Å². The molecule has 0 aromatic rings. The molecule has 0 saturated heterocycles. The maximum absolute atomic E-state index is 3.64. The van der Waals surface area contributed by atoms with Crippen LogP contribution >= 0.6 is 31.9 Å². The fraction of sp³-hybridized carbons (Fsp3) is 0.750. The molecule has 0 fully saturated rings. The highest BCUT2D eigenvalue weighted by molar-refractivity contribution is 9.12. The highest BCUT2D eigenvalue weighted by Crippen LogP contribution is 2.23. The summed E-state index contributed by atoms with van der Waals surface area (Å²) in [5.41, 5.74) is 0. The van der Waals surface area contributed by atoms with Gasteiger partial charge in [0.05, 0.1) is 0 Å². The molecule has 0 nitrogen and oxygen atoms in total. The average molecular weight is 268 g/mol. The van der Waals surface area contributed by atoms with Crippen LogP contribution in [-0.4, -0.2) is 9.65 Å². The summed E-state index contributed by atoms with van der Waals surface area (Å²) in [4.78, 5) is 1.16. The first kappa shape index (κ1) is 8.79. The van der Waals surface area contributed by atoms with Crippen molar-refractivity contribution in [2.75, 3.05) is 0 Å². The molecular formula is C8H12Br2. The Labute approximate surface area is 79.3 Å². The van der Waals surface area contributed by atoms with Crippen LogP contribution in [0.4, 0.5) is 0 Å². The van der Waals surface area contributed by atoms with Crippen molar-refractivity contribution in [1.82, 2.24) is 0 Å². The molecule has 0 radical (unpaired) electrons. The Hall–Kier alpha value is 0.700. The molecule has 1 rings (SSSR count). The maximum Gasteiger partial charge on any atom is 0.0450 e. The monoisotopic (exact) mass is 266 g/mol. The minimum atomic E-state index is 0.535. The van der Waals surface area contributed by atoms with Gasteiger partial charge >= 0.3 is 0 Å². The zero-order valence-corrected chi connectivity index (χ0v) is 9.07. The molecule has 0 aromatic carbocycles. The van der Waals surface area contributed by atoms with Gasteiger partial charge in [0.2, 0.25) is 0 Å². The van der Waals surface area contributed by atoms with Gasteiger partial charge in [-0.15, -0.1) is 0 Å². The van der Waals surface area contributed by atoms with Gasteiger partial charge in [-0.3, -0.25) is 0 Å². The molecule has 0 aliphatic heterocycles. The third kappa shape index (κ3) is 2.75. The summed E-state index contributed by atoms with van der Waals surface area (Å²) in [6, 6.07) is 0. The molecule has 10 heavy (non-hydrogen) atoms. The third-order valence-electron chi connectivity index (χ3n) is 1.77. The lowest BCUT2D eigenvalue weighted by molar-refractivity contribution is 0.662. The second kappa shape index (κ2) is 4.55. The van der Waals surface area contributed by atoms with Gasteiger partial charge in [0.15, 0.2) is 0 Å².